The first-order valence-electron chi connectivity index (χ1n) is 7.97. The summed E-state index contributed by atoms with van der Waals surface area (Å²) in [6.45, 7) is 10.6. The maximum atomic E-state index is 6.20. The van der Waals surface area contributed by atoms with E-state index < -0.39 is 0 Å². The second-order valence-electron chi connectivity index (χ2n) is 6.82. The molecule has 3 heteroatoms. The van der Waals surface area contributed by atoms with Crippen molar-refractivity contribution in [3.05, 3.63) is 41.4 Å². The molecule has 0 atom stereocenters. The van der Waals surface area contributed by atoms with Crippen LogP contribution in [0.15, 0.2) is 35.8 Å². The van der Waals surface area contributed by atoms with Gasteiger partial charge in [-0.2, -0.15) is 0 Å². The lowest BCUT2D eigenvalue weighted by Gasteiger charge is -2.32. The highest BCUT2D eigenvalue weighted by Gasteiger charge is 2.52. The SMILES string of the molecule is CCCC/C(=C/c1ccccc1)B1OC(C)(C)C(C)(C)O1. The molecule has 21 heavy (non-hydrogen) atoms. The molecule has 1 aliphatic heterocycles. The normalized spacial score (nSPS) is 20.8. The number of hydrogen-bond acceptors (Lipinski definition) is 2. The molecule has 0 aromatic heterocycles. The molecule has 0 unspecified atom stereocenters. The molecule has 0 saturated carbocycles. The Hall–Kier alpha value is -1.06. The molecule has 1 saturated heterocycles. The topological polar surface area (TPSA) is 18.5 Å². The van der Waals surface area contributed by atoms with Crippen LogP contribution in [0.4, 0.5) is 0 Å². The Bertz CT molecular complexity index is 475. The Morgan fingerprint density at radius 3 is 2.14 bits per heavy atom. The molecule has 1 aliphatic rings. The summed E-state index contributed by atoms with van der Waals surface area (Å²) >= 11 is 0. The van der Waals surface area contributed by atoms with Crippen molar-refractivity contribution in [1.29, 1.82) is 0 Å². The first-order valence-corrected chi connectivity index (χ1v) is 7.97. The third-order valence-electron chi connectivity index (χ3n) is 4.53. The second kappa shape index (κ2) is 6.37. The van der Waals surface area contributed by atoms with Crippen LogP contribution in [0.2, 0.25) is 0 Å². The van der Waals surface area contributed by atoms with E-state index in [1.54, 1.807) is 0 Å². The average molecular weight is 286 g/mol. The van der Waals surface area contributed by atoms with E-state index in [1.807, 2.05) is 6.07 Å². The van der Waals surface area contributed by atoms with E-state index in [9.17, 15) is 0 Å². The smallest absolute Gasteiger partial charge is 0.400 e. The van der Waals surface area contributed by atoms with Crippen LogP contribution in [0.3, 0.4) is 0 Å². The molecule has 1 aromatic rings. The molecule has 0 amide bonds. The molecular weight excluding hydrogens is 259 g/mol. The van der Waals surface area contributed by atoms with Gasteiger partial charge in [-0.1, -0.05) is 56.2 Å². The summed E-state index contributed by atoms with van der Waals surface area (Å²) in [5, 5.41) is 0. The standard InChI is InChI=1S/C18H27BO2/c1-6-7-13-16(14-15-11-9-8-10-12-15)19-20-17(2,3)18(4,5)21-19/h8-12,14H,6-7,13H2,1-5H3/b16-14-. The molecule has 2 nitrogen and oxygen atoms in total. The summed E-state index contributed by atoms with van der Waals surface area (Å²) in [4.78, 5) is 0. The van der Waals surface area contributed by atoms with E-state index in [-0.39, 0.29) is 18.3 Å². The minimum Gasteiger partial charge on any atom is -0.400 e. The maximum Gasteiger partial charge on any atom is 0.490 e. The predicted molar refractivity (Wildman–Crippen MR) is 90.0 cm³/mol. The molecule has 1 heterocycles. The van der Waals surface area contributed by atoms with Gasteiger partial charge in [-0.3, -0.25) is 0 Å². The van der Waals surface area contributed by atoms with Crippen LogP contribution in [0, 0.1) is 0 Å². The average Bonchev–Trinajstić information content (AvgIpc) is 2.64. The molecule has 1 aromatic carbocycles. The van der Waals surface area contributed by atoms with E-state index >= 15 is 0 Å². The third-order valence-corrected chi connectivity index (χ3v) is 4.53. The maximum absolute atomic E-state index is 6.20. The van der Waals surface area contributed by atoms with Crippen molar-refractivity contribution in [2.24, 2.45) is 0 Å². The quantitative estimate of drug-likeness (QED) is 0.717. The molecule has 0 aliphatic carbocycles. The number of allylic oxidation sites excluding steroid dienone is 1. The third kappa shape index (κ3) is 3.78. The second-order valence-corrected chi connectivity index (χ2v) is 6.82. The summed E-state index contributed by atoms with van der Waals surface area (Å²) in [7, 11) is -0.234. The Labute approximate surface area is 129 Å². The van der Waals surface area contributed by atoms with Crippen molar-refractivity contribution >= 4 is 13.2 Å². The van der Waals surface area contributed by atoms with E-state index in [0.717, 1.165) is 12.8 Å². The summed E-state index contributed by atoms with van der Waals surface area (Å²) in [6.07, 6.45) is 5.56. The van der Waals surface area contributed by atoms with Crippen molar-refractivity contribution in [2.75, 3.05) is 0 Å². The van der Waals surface area contributed by atoms with Gasteiger partial charge in [0.05, 0.1) is 11.2 Å². The van der Waals surface area contributed by atoms with Crippen LogP contribution in [0.5, 0.6) is 0 Å². The lowest BCUT2D eigenvalue weighted by atomic mass is 9.74. The van der Waals surface area contributed by atoms with Gasteiger partial charge in [0, 0.05) is 0 Å². The minimum atomic E-state index is -0.278. The van der Waals surface area contributed by atoms with Gasteiger partial charge in [0.1, 0.15) is 0 Å². The van der Waals surface area contributed by atoms with Crippen LogP contribution in [-0.2, 0) is 9.31 Å². The van der Waals surface area contributed by atoms with Crippen molar-refractivity contribution in [3.63, 3.8) is 0 Å². The van der Waals surface area contributed by atoms with Crippen molar-refractivity contribution in [3.8, 4) is 0 Å². The molecule has 0 N–H and O–H groups in total. The summed E-state index contributed by atoms with van der Waals surface area (Å²) in [5.74, 6) is 0. The number of benzene rings is 1. The van der Waals surface area contributed by atoms with E-state index in [2.05, 4.69) is 65.0 Å². The summed E-state index contributed by atoms with van der Waals surface area (Å²) in [6, 6.07) is 10.4. The van der Waals surface area contributed by atoms with Gasteiger partial charge in [-0.25, -0.2) is 0 Å². The zero-order valence-electron chi connectivity index (χ0n) is 14.0. The van der Waals surface area contributed by atoms with E-state index in [1.165, 1.54) is 17.5 Å². The van der Waals surface area contributed by atoms with Gasteiger partial charge < -0.3 is 9.31 Å². The first kappa shape index (κ1) is 16.3. The van der Waals surface area contributed by atoms with Gasteiger partial charge >= 0.3 is 7.12 Å². The fraction of sp³-hybridized carbons (Fsp3) is 0.556. The largest absolute Gasteiger partial charge is 0.490 e. The van der Waals surface area contributed by atoms with Crippen LogP contribution < -0.4 is 0 Å². The fourth-order valence-electron chi connectivity index (χ4n) is 2.40. The van der Waals surface area contributed by atoms with Crippen molar-refractivity contribution in [1.82, 2.24) is 0 Å². The van der Waals surface area contributed by atoms with Gasteiger partial charge in [0.25, 0.3) is 0 Å². The van der Waals surface area contributed by atoms with Crippen molar-refractivity contribution < 1.29 is 9.31 Å². The Balaban J connectivity index is 2.24. The molecule has 0 radical (unpaired) electrons. The van der Waals surface area contributed by atoms with E-state index in [0.29, 0.717) is 0 Å². The van der Waals surface area contributed by atoms with E-state index in [4.69, 9.17) is 9.31 Å². The summed E-state index contributed by atoms with van der Waals surface area (Å²) < 4.78 is 12.4. The Morgan fingerprint density at radius 1 is 1.05 bits per heavy atom. The van der Waals surface area contributed by atoms with Gasteiger partial charge in [-0.05, 0) is 45.2 Å². The lowest BCUT2D eigenvalue weighted by molar-refractivity contribution is 0.00578. The zero-order chi connectivity index (χ0) is 15.5. The highest BCUT2D eigenvalue weighted by atomic mass is 16.7. The minimum absolute atomic E-state index is 0.234. The zero-order valence-corrected chi connectivity index (χ0v) is 14.0. The van der Waals surface area contributed by atoms with Gasteiger partial charge in [0.15, 0.2) is 0 Å². The summed E-state index contributed by atoms with van der Waals surface area (Å²) in [5.41, 5.74) is 1.89. The van der Waals surface area contributed by atoms with Crippen LogP contribution in [0.1, 0.15) is 59.4 Å². The molecule has 114 valence electrons. The highest BCUT2D eigenvalue weighted by Crippen LogP contribution is 2.39. The number of unbranched alkanes of at least 4 members (excludes halogenated alkanes) is 1. The fourth-order valence-corrected chi connectivity index (χ4v) is 2.40. The molecule has 0 bridgehead atoms. The van der Waals surface area contributed by atoms with Gasteiger partial charge in [-0.15, -0.1) is 0 Å². The highest BCUT2D eigenvalue weighted by molar-refractivity contribution is 6.55. The lowest BCUT2D eigenvalue weighted by Crippen LogP contribution is -2.41. The van der Waals surface area contributed by atoms with Crippen LogP contribution in [-0.4, -0.2) is 18.3 Å². The molecule has 2 rings (SSSR count). The molecule has 1 fully saturated rings. The van der Waals surface area contributed by atoms with Gasteiger partial charge in [0.2, 0.25) is 0 Å². The number of rotatable bonds is 5. The molecular formula is C18H27BO2. The first-order chi connectivity index (χ1) is 9.86. The van der Waals surface area contributed by atoms with Crippen LogP contribution in [0.25, 0.3) is 6.08 Å². The van der Waals surface area contributed by atoms with Crippen LogP contribution >= 0.6 is 0 Å². The van der Waals surface area contributed by atoms with Crippen molar-refractivity contribution in [2.45, 2.75) is 65.1 Å². The Morgan fingerprint density at radius 2 is 1.62 bits per heavy atom. The Kier molecular flexibility index (Phi) is 4.95. The predicted octanol–water partition coefficient (Wildman–Crippen LogP) is 4.89. The monoisotopic (exact) mass is 286 g/mol. The number of hydrogen-bond donors (Lipinski definition) is 0. The molecule has 0 spiro atoms.